The summed E-state index contributed by atoms with van der Waals surface area (Å²) < 4.78 is 5.29. The molecule has 1 aromatic carbocycles. The molecule has 1 saturated carbocycles. The van der Waals surface area contributed by atoms with E-state index in [1.807, 2.05) is 55.4 Å². The largest absolute Gasteiger partial charge is 0.449 e. The zero-order valence-electron chi connectivity index (χ0n) is 32.3. The first kappa shape index (κ1) is 41.9. The third-order valence-electron chi connectivity index (χ3n) is 9.92. The number of nitrogens with one attached hydrogen (secondary N) is 4. The van der Waals surface area contributed by atoms with Gasteiger partial charge in [0.15, 0.2) is 0 Å². The van der Waals surface area contributed by atoms with Crippen LogP contribution in [0.25, 0.3) is 0 Å². The summed E-state index contributed by atoms with van der Waals surface area (Å²) in [4.78, 5) is 96.0. The van der Waals surface area contributed by atoms with Crippen LogP contribution in [0.5, 0.6) is 0 Å². The molecule has 52 heavy (non-hydrogen) atoms. The minimum Gasteiger partial charge on any atom is -0.449 e. The Hall–Kier alpha value is -4.49. The van der Waals surface area contributed by atoms with E-state index >= 15 is 0 Å². The Kier molecular flexibility index (Phi) is 14.0. The lowest BCUT2D eigenvalue weighted by atomic mass is 9.85. The van der Waals surface area contributed by atoms with Crippen LogP contribution in [0.4, 0.5) is 4.79 Å². The van der Waals surface area contributed by atoms with Crippen molar-refractivity contribution >= 4 is 41.4 Å². The van der Waals surface area contributed by atoms with E-state index in [9.17, 15) is 33.6 Å². The molecule has 2 aliphatic rings. The molecule has 6 amide bonds. The standard InChI is InChI=1S/C38H58N6O8/c1-11-12-18-25(30(46)33(48)39-19-26(45)41-28(34(49)43(9)10)23-16-14-13-15-17-23)40-32(47)29-27-24(38(27,7)8)20-44(29)35(50)31(37(4,5)6)42-36(51)52-21-22(2)3/h13-17,22,24-25,27-29,31H,11-12,18-21H2,1-10H3,(H,39,48)(H,40,47)(H,41,45)(H,42,51)/t24-,25?,27?,28-,29?,31+/m0/s1. The molecule has 1 saturated heterocycles. The first-order chi connectivity index (χ1) is 24.2. The summed E-state index contributed by atoms with van der Waals surface area (Å²) in [5.74, 6) is -4.09. The average Bonchev–Trinajstić information content (AvgIpc) is 3.38. The summed E-state index contributed by atoms with van der Waals surface area (Å²) in [7, 11) is 3.12. The highest BCUT2D eigenvalue weighted by Crippen LogP contribution is 2.65. The van der Waals surface area contributed by atoms with Crippen molar-refractivity contribution < 1.29 is 38.3 Å². The minimum absolute atomic E-state index is 0.0337. The zero-order valence-corrected chi connectivity index (χ0v) is 32.3. The fraction of sp³-hybridized carbons (Fsp3) is 0.658. The van der Waals surface area contributed by atoms with Crippen molar-refractivity contribution in [2.45, 2.75) is 98.8 Å². The maximum Gasteiger partial charge on any atom is 0.407 e. The number of rotatable bonds is 16. The molecule has 14 heteroatoms. The number of ketones is 1. The highest BCUT2D eigenvalue weighted by Gasteiger charge is 2.70. The SMILES string of the molecule is CCCCC(NC(=O)C1C2[C@H](CN1C(=O)[C@@H](NC(=O)OCC(C)C)C(C)(C)C)C2(C)C)C(=O)C(=O)NCC(=O)N[C@H](C(=O)N(C)C)c1ccccc1. The van der Waals surface area contributed by atoms with Gasteiger partial charge in [-0.2, -0.15) is 0 Å². The van der Waals surface area contributed by atoms with E-state index in [-0.39, 0.29) is 42.1 Å². The lowest BCUT2D eigenvalue weighted by Gasteiger charge is -2.37. The molecule has 4 N–H and O–H groups in total. The number of likely N-dealkylation sites (N-methyl/N-ethyl adjacent to an activating group) is 1. The number of ether oxygens (including phenoxy) is 1. The number of unbranched alkanes of at least 4 members (excludes halogenated alkanes) is 1. The Morgan fingerprint density at radius 2 is 1.62 bits per heavy atom. The number of Topliss-reactive ketones (excluding diaryl/α,β-unsaturated/α-hetero) is 1. The van der Waals surface area contributed by atoms with E-state index in [1.165, 1.54) is 9.80 Å². The molecule has 0 spiro atoms. The Morgan fingerprint density at radius 1 is 0.981 bits per heavy atom. The van der Waals surface area contributed by atoms with Crippen molar-refractivity contribution in [2.24, 2.45) is 28.6 Å². The Morgan fingerprint density at radius 3 is 2.17 bits per heavy atom. The highest BCUT2D eigenvalue weighted by molar-refractivity contribution is 6.38. The number of likely N-dealkylation sites (tertiary alicyclic amines) is 1. The van der Waals surface area contributed by atoms with Crippen LogP contribution in [0.15, 0.2) is 30.3 Å². The minimum atomic E-state index is -1.21. The number of alkyl carbamates (subject to hydrolysis) is 1. The predicted molar refractivity (Wildman–Crippen MR) is 194 cm³/mol. The van der Waals surface area contributed by atoms with Gasteiger partial charge in [-0.1, -0.05) is 98.6 Å². The van der Waals surface area contributed by atoms with Gasteiger partial charge in [0, 0.05) is 20.6 Å². The maximum absolute atomic E-state index is 14.1. The van der Waals surface area contributed by atoms with Crippen molar-refractivity contribution in [1.82, 2.24) is 31.1 Å². The molecule has 0 aromatic heterocycles. The van der Waals surface area contributed by atoms with Gasteiger partial charge in [0.05, 0.1) is 19.2 Å². The zero-order chi connectivity index (χ0) is 39.1. The number of benzene rings is 1. The lowest BCUT2D eigenvalue weighted by Crippen LogP contribution is -2.60. The number of hydrogen-bond donors (Lipinski definition) is 4. The fourth-order valence-electron chi connectivity index (χ4n) is 6.77. The number of nitrogens with zero attached hydrogens (tertiary/aromatic N) is 2. The van der Waals surface area contributed by atoms with Gasteiger partial charge in [0.25, 0.3) is 5.91 Å². The number of piperidine rings is 1. The molecule has 1 heterocycles. The smallest absolute Gasteiger partial charge is 0.407 e. The quantitative estimate of drug-likeness (QED) is 0.188. The second-order valence-corrected chi connectivity index (χ2v) is 16.2. The molecular weight excluding hydrogens is 668 g/mol. The molecule has 0 radical (unpaired) electrons. The van der Waals surface area contributed by atoms with Gasteiger partial charge in [0.1, 0.15) is 18.1 Å². The normalized spacial score (nSPS) is 20.4. The van der Waals surface area contributed by atoms with Crippen LogP contribution in [0.1, 0.15) is 86.3 Å². The first-order valence-corrected chi connectivity index (χ1v) is 18.1. The van der Waals surface area contributed by atoms with Gasteiger partial charge in [-0.25, -0.2) is 4.79 Å². The fourth-order valence-corrected chi connectivity index (χ4v) is 6.77. The molecular formula is C38H58N6O8. The van der Waals surface area contributed by atoms with Crippen LogP contribution in [-0.2, 0) is 33.5 Å². The van der Waals surface area contributed by atoms with Gasteiger partial charge in [0.2, 0.25) is 29.4 Å². The Balaban J connectivity index is 1.74. The van der Waals surface area contributed by atoms with E-state index in [0.717, 1.165) is 0 Å². The summed E-state index contributed by atoms with van der Waals surface area (Å²) in [5.41, 5.74) is -0.406. The van der Waals surface area contributed by atoms with Crippen molar-refractivity contribution in [3.05, 3.63) is 35.9 Å². The van der Waals surface area contributed by atoms with Crippen LogP contribution in [0, 0.1) is 28.6 Å². The first-order valence-electron chi connectivity index (χ1n) is 18.1. The molecule has 288 valence electrons. The number of fused-ring (bicyclic) bond motifs is 1. The number of carbonyl (C=O) groups is 7. The number of amides is 6. The second-order valence-electron chi connectivity index (χ2n) is 16.2. The summed E-state index contributed by atoms with van der Waals surface area (Å²) in [5, 5.41) is 10.4. The maximum atomic E-state index is 14.1. The summed E-state index contributed by atoms with van der Waals surface area (Å²) in [6, 6.07) is 4.51. The third kappa shape index (κ3) is 10.3. The molecule has 1 aliphatic heterocycles. The van der Waals surface area contributed by atoms with E-state index in [4.69, 9.17) is 4.74 Å². The van der Waals surface area contributed by atoms with E-state index in [1.54, 1.807) is 44.4 Å². The van der Waals surface area contributed by atoms with Crippen molar-refractivity contribution in [1.29, 1.82) is 0 Å². The molecule has 14 nitrogen and oxygen atoms in total. The van der Waals surface area contributed by atoms with Crippen LogP contribution in [0.2, 0.25) is 0 Å². The molecule has 1 aromatic rings. The van der Waals surface area contributed by atoms with Gasteiger partial charge in [-0.15, -0.1) is 0 Å². The monoisotopic (exact) mass is 726 g/mol. The topological polar surface area (TPSA) is 183 Å². The van der Waals surface area contributed by atoms with Crippen LogP contribution in [-0.4, -0.2) is 103 Å². The molecule has 2 fully saturated rings. The number of carbonyl (C=O) groups excluding carboxylic acids is 7. The van der Waals surface area contributed by atoms with Gasteiger partial charge in [-0.05, 0) is 40.6 Å². The summed E-state index contributed by atoms with van der Waals surface area (Å²) in [6.45, 7) is 15.1. The molecule has 1 aliphatic carbocycles. The molecule has 6 atom stereocenters. The van der Waals surface area contributed by atoms with E-state index in [0.29, 0.717) is 24.9 Å². The lowest BCUT2D eigenvalue weighted by molar-refractivity contribution is -0.145. The number of hydrogen-bond acceptors (Lipinski definition) is 8. The third-order valence-corrected chi connectivity index (χ3v) is 9.92. The average molecular weight is 727 g/mol. The van der Waals surface area contributed by atoms with Crippen molar-refractivity contribution in [3.8, 4) is 0 Å². The molecule has 0 bridgehead atoms. The van der Waals surface area contributed by atoms with E-state index in [2.05, 4.69) is 21.3 Å². The highest BCUT2D eigenvalue weighted by atomic mass is 16.5. The molecule has 3 rings (SSSR count). The van der Waals surface area contributed by atoms with Crippen LogP contribution < -0.4 is 21.3 Å². The van der Waals surface area contributed by atoms with E-state index < -0.39 is 71.6 Å². The predicted octanol–water partition coefficient (Wildman–Crippen LogP) is 2.57. The van der Waals surface area contributed by atoms with Crippen LogP contribution >= 0.6 is 0 Å². The van der Waals surface area contributed by atoms with Gasteiger partial charge >= 0.3 is 6.09 Å². The van der Waals surface area contributed by atoms with Crippen molar-refractivity contribution in [3.63, 3.8) is 0 Å². The van der Waals surface area contributed by atoms with Crippen LogP contribution in [0.3, 0.4) is 0 Å². The van der Waals surface area contributed by atoms with Gasteiger partial charge in [-0.3, -0.25) is 28.8 Å². The Bertz CT molecular complexity index is 1490. The second kappa shape index (κ2) is 17.4. The van der Waals surface area contributed by atoms with Crippen molar-refractivity contribution in [2.75, 3.05) is 33.8 Å². The molecule has 3 unspecified atom stereocenters. The van der Waals surface area contributed by atoms with Gasteiger partial charge < -0.3 is 35.8 Å². The summed E-state index contributed by atoms with van der Waals surface area (Å²) >= 11 is 0. The summed E-state index contributed by atoms with van der Waals surface area (Å²) in [6.07, 6.45) is 0.648. The Labute approximate surface area is 307 Å².